The Bertz CT molecular complexity index is 1580. The van der Waals surface area contributed by atoms with Gasteiger partial charge in [0.15, 0.2) is 11.5 Å². The van der Waals surface area contributed by atoms with Crippen LogP contribution in [0, 0.1) is 10.1 Å². The van der Waals surface area contributed by atoms with Crippen LogP contribution in [0.2, 0.25) is 0 Å². The molecule has 1 fully saturated rings. The Morgan fingerprint density at radius 2 is 1.68 bits per heavy atom. The van der Waals surface area contributed by atoms with E-state index in [1.807, 2.05) is 72.8 Å². The number of nitro groups is 1. The Labute approximate surface area is 222 Å². The first-order valence-corrected chi connectivity index (χ1v) is 12.5. The quantitative estimate of drug-likeness (QED) is 0.145. The van der Waals surface area contributed by atoms with E-state index in [4.69, 9.17) is 9.47 Å². The van der Waals surface area contributed by atoms with Gasteiger partial charge in [-0.3, -0.25) is 24.6 Å². The summed E-state index contributed by atoms with van der Waals surface area (Å²) < 4.78 is 11.2. The zero-order valence-electron chi connectivity index (χ0n) is 20.3. The van der Waals surface area contributed by atoms with Crippen LogP contribution in [0.5, 0.6) is 11.5 Å². The Hall–Kier alpha value is -4.63. The number of amides is 2. The SMILES string of the molecule is COc1cc(/C=C2/SC(=O)N(Cc3cccc4ccccc34)C2=O)c([N+](=O)[O-])cc1OCc1ccccc1. The number of carbonyl (C=O) groups is 2. The smallest absolute Gasteiger partial charge is 0.293 e. The first-order valence-electron chi connectivity index (χ1n) is 11.7. The van der Waals surface area contributed by atoms with E-state index in [1.165, 1.54) is 25.3 Å². The molecule has 0 N–H and O–H groups in total. The van der Waals surface area contributed by atoms with Gasteiger partial charge >= 0.3 is 0 Å². The molecule has 1 aliphatic heterocycles. The number of benzene rings is 4. The van der Waals surface area contributed by atoms with Gasteiger partial charge in [-0.05, 0) is 45.8 Å². The Morgan fingerprint density at radius 3 is 2.45 bits per heavy atom. The molecule has 0 unspecified atom stereocenters. The predicted molar refractivity (Wildman–Crippen MR) is 146 cm³/mol. The summed E-state index contributed by atoms with van der Waals surface area (Å²) in [6.07, 6.45) is 1.36. The van der Waals surface area contributed by atoms with Crippen molar-refractivity contribution >= 4 is 45.4 Å². The number of methoxy groups -OCH3 is 1. The van der Waals surface area contributed by atoms with Crippen molar-refractivity contribution in [3.63, 3.8) is 0 Å². The summed E-state index contributed by atoms with van der Waals surface area (Å²) in [4.78, 5) is 38.6. The third kappa shape index (κ3) is 5.09. The van der Waals surface area contributed by atoms with Gasteiger partial charge in [-0.25, -0.2) is 0 Å². The number of rotatable bonds is 8. The maximum Gasteiger partial charge on any atom is 0.293 e. The molecule has 1 aliphatic rings. The number of ether oxygens (including phenoxy) is 2. The highest BCUT2D eigenvalue weighted by Crippen LogP contribution is 2.39. The molecule has 0 aliphatic carbocycles. The molecule has 0 atom stereocenters. The summed E-state index contributed by atoms with van der Waals surface area (Å²) in [5.74, 6) is -0.0392. The van der Waals surface area contributed by atoms with E-state index < -0.39 is 16.1 Å². The summed E-state index contributed by atoms with van der Waals surface area (Å²) in [6.45, 7) is 0.293. The highest BCUT2D eigenvalue weighted by Gasteiger charge is 2.36. The second kappa shape index (κ2) is 10.8. The van der Waals surface area contributed by atoms with E-state index in [9.17, 15) is 19.7 Å². The fourth-order valence-corrected chi connectivity index (χ4v) is 5.05. The lowest BCUT2D eigenvalue weighted by Gasteiger charge is -2.14. The molecule has 4 aromatic carbocycles. The average Bonchev–Trinajstić information content (AvgIpc) is 3.19. The molecule has 2 amide bonds. The second-order valence-corrected chi connectivity index (χ2v) is 9.49. The van der Waals surface area contributed by atoms with Crippen molar-refractivity contribution in [1.82, 2.24) is 4.90 Å². The van der Waals surface area contributed by atoms with Crippen LogP contribution in [-0.4, -0.2) is 28.1 Å². The van der Waals surface area contributed by atoms with Gasteiger partial charge in [0.25, 0.3) is 16.8 Å². The van der Waals surface area contributed by atoms with Crippen LogP contribution in [0.1, 0.15) is 16.7 Å². The van der Waals surface area contributed by atoms with Crippen LogP contribution in [0.15, 0.2) is 89.8 Å². The minimum atomic E-state index is -0.555. The topological polar surface area (TPSA) is 99.0 Å². The Balaban J connectivity index is 1.43. The van der Waals surface area contributed by atoms with Gasteiger partial charge in [0.1, 0.15) is 6.61 Å². The molecule has 190 valence electrons. The van der Waals surface area contributed by atoms with Crippen molar-refractivity contribution in [3.8, 4) is 11.5 Å². The fraction of sp³-hybridized carbons (Fsp3) is 0.103. The van der Waals surface area contributed by atoms with Crippen LogP contribution >= 0.6 is 11.8 Å². The summed E-state index contributed by atoms with van der Waals surface area (Å²) in [6, 6.07) is 25.5. The number of hydrogen-bond donors (Lipinski definition) is 0. The third-order valence-corrected chi connectivity index (χ3v) is 7.02. The van der Waals surface area contributed by atoms with Crippen LogP contribution in [0.3, 0.4) is 0 Å². The largest absolute Gasteiger partial charge is 0.493 e. The van der Waals surface area contributed by atoms with Gasteiger partial charge in [-0.2, -0.15) is 0 Å². The number of fused-ring (bicyclic) bond motifs is 1. The van der Waals surface area contributed by atoms with Gasteiger partial charge in [0, 0.05) is 0 Å². The predicted octanol–water partition coefficient (Wildman–Crippen LogP) is 6.57. The zero-order valence-corrected chi connectivity index (χ0v) is 21.1. The van der Waals surface area contributed by atoms with E-state index >= 15 is 0 Å². The first kappa shape index (κ1) is 25.0. The third-order valence-electron chi connectivity index (χ3n) is 6.12. The van der Waals surface area contributed by atoms with Crippen molar-refractivity contribution in [2.45, 2.75) is 13.2 Å². The van der Waals surface area contributed by atoms with E-state index in [0.29, 0.717) is 0 Å². The minimum Gasteiger partial charge on any atom is -0.493 e. The molecule has 0 saturated carbocycles. The van der Waals surface area contributed by atoms with Crippen molar-refractivity contribution in [2.75, 3.05) is 7.11 Å². The number of thioether (sulfide) groups is 1. The van der Waals surface area contributed by atoms with E-state index in [0.717, 1.165) is 38.6 Å². The Morgan fingerprint density at radius 1 is 0.947 bits per heavy atom. The van der Waals surface area contributed by atoms with Crippen molar-refractivity contribution in [3.05, 3.63) is 117 Å². The maximum absolute atomic E-state index is 13.2. The van der Waals surface area contributed by atoms with Crippen LogP contribution in [0.25, 0.3) is 16.8 Å². The lowest BCUT2D eigenvalue weighted by atomic mass is 10.0. The second-order valence-electron chi connectivity index (χ2n) is 8.50. The van der Waals surface area contributed by atoms with Crippen molar-refractivity contribution < 1.29 is 24.0 Å². The number of nitro benzene ring substituents is 1. The average molecular weight is 527 g/mol. The molecule has 5 rings (SSSR count). The number of imide groups is 1. The van der Waals surface area contributed by atoms with Gasteiger partial charge in [-0.1, -0.05) is 72.8 Å². The fourth-order valence-electron chi connectivity index (χ4n) is 4.22. The highest BCUT2D eigenvalue weighted by atomic mass is 32.2. The van der Waals surface area contributed by atoms with Crippen molar-refractivity contribution in [1.29, 1.82) is 0 Å². The Kier molecular flexibility index (Phi) is 7.10. The normalized spacial score (nSPS) is 14.3. The summed E-state index contributed by atoms with van der Waals surface area (Å²) in [7, 11) is 1.43. The van der Waals surface area contributed by atoms with E-state index in [1.54, 1.807) is 0 Å². The van der Waals surface area contributed by atoms with Crippen LogP contribution in [0.4, 0.5) is 10.5 Å². The van der Waals surface area contributed by atoms with Crippen LogP contribution < -0.4 is 9.47 Å². The molecule has 1 heterocycles. The molecule has 0 bridgehead atoms. The lowest BCUT2D eigenvalue weighted by molar-refractivity contribution is -0.385. The van der Waals surface area contributed by atoms with Gasteiger partial charge in [0.2, 0.25) is 0 Å². The molecule has 8 nitrogen and oxygen atoms in total. The standard InChI is InChI=1S/C29H22N2O6S/c1-36-25-14-22(24(31(34)35)16-26(25)37-18-19-8-3-2-4-9-19)15-27-28(32)30(29(33)38-27)17-21-12-7-11-20-10-5-6-13-23(20)21/h2-16H,17-18H2,1H3/b27-15+. The number of carbonyl (C=O) groups excluding carboxylic acids is 2. The molecule has 0 radical (unpaired) electrons. The van der Waals surface area contributed by atoms with Gasteiger partial charge in [0.05, 0.1) is 35.1 Å². The van der Waals surface area contributed by atoms with E-state index in [2.05, 4.69) is 0 Å². The van der Waals surface area contributed by atoms with E-state index in [-0.39, 0.29) is 40.8 Å². The summed E-state index contributed by atoms with van der Waals surface area (Å²) >= 11 is 0.751. The first-order chi connectivity index (χ1) is 18.4. The highest BCUT2D eigenvalue weighted by molar-refractivity contribution is 8.18. The lowest BCUT2D eigenvalue weighted by Crippen LogP contribution is -2.27. The zero-order chi connectivity index (χ0) is 26.6. The van der Waals surface area contributed by atoms with Gasteiger partial charge < -0.3 is 9.47 Å². The molecule has 0 spiro atoms. The van der Waals surface area contributed by atoms with Gasteiger partial charge in [-0.15, -0.1) is 0 Å². The molecular formula is C29H22N2O6S. The maximum atomic E-state index is 13.2. The summed E-state index contributed by atoms with van der Waals surface area (Å²) in [5, 5.41) is 13.4. The molecular weight excluding hydrogens is 504 g/mol. The minimum absolute atomic E-state index is 0.0957. The molecule has 1 saturated heterocycles. The molecule has 0 aromatic heterocycles. The molecule has 9 heteroatoms. The number of hydrogen-bond acceptors (Lipinski definition) is 7. The molecule has 4 aromatic rings. The van der Waals surface area contributed by atoms with Crippen molar-refractivity contribution in [2.24, 2.45) is 0 Å². The van der Waals surface area contributed by atoms with Crippen LogP contribution in [-0.2, 0) is 17.9 Å². The number of nitrogens with zero attached hydrogens (tertiary/aromatic N) is 2. The monoisotopic (exact) mass is 526 g/mol. The summed E-state index contributed by atoms with van der Waals surface area (Å²) in [5.41, 5.74) is 1.59. The molecule has 38 heavy (non-hydrogen) atoms.